The second-order valence-corrected chi connectivity index (χ2v) is 5.33. The minimum atomic E-state index is -1.06. The first-order chi connectivity index (χ1) is 7.74. The van der Waals surface area contributed by atoms with Gasteiger partial charge in [-0.25, -0.2) is 9.78 Å². The minimum Gasteiger partial charge on any atom is -0.477 e. The molecule has 1 aromatic heterocycles. The van der Waals surface area contributed by atoms with Gasteiger partial charge in [0.1, 0.15) is 4.88 Å². The fourth-order valence-electron chi connectivity index (χ4n) is 1.08. The molecule has 0 aliphatic rings. The van der Waals surface area contributed by atoms with E-state index < -0.39 is 11.6 Å². The SMILES string of the molecule is Cc1nc(N(C=O)OC(C)(C)C)sc1C(=O)O. The maximum absolute atomic E-state index is 10.9. The Kier molecular flexibility index (Phi) is 3.84. The van der Waals surface area contributed by atoms with Gasteiger partial charge in [-0.3, -0.25) is 9.63 Å². The first kappa shape index (κ1) is 13.6. The van der Waals surface area contributed by atoms with Gasteiger partial charge in [0.2, 0.25) is 11.5 Å². The first-order valence-electron chi connectivity index (χ1n) is 4.89. The van der Waals surface area contributed by atoms with Crippen LogP contribution in [0.25, 0.3) is 0 Å². The average Bonchev–Trinajstić information content (AvgIpc) is 2.55. The number of anilines is 1. The summed E-state index contributed by atoms with van der Waals surface area (Å²) in [6.07, 6.45) is 0.467. The van der Waals surface area contributed by atoms with E-state index in [2.05, 4.69) is 4.98 Å². The largest absolute Gasteiger partial charge is 0.477 e. The summed E-state index contributed by atoms with van der Waals surface area (Å²) < 4.78 is 0. The van der Waals surface area contributed by atoms with Crippen molar-refractivity contribution in [2.45, 2.75) is 33.3 Å². The molecule has 0 aliphatic carbocycles. The highest BCUT2D eigenvalue weighted by Gasteiger charge is 2.22. The molecule has 0 aromatic carbocycles. The number of rotatable bonds is 4. The van der Waals surface area contributed by atoms with Crippen LogP contribution in [0.15, 0.2) is 0 Å². The summed E-state index contributed by atoms with van der Waals surface area (Å²) in [7, 11) is 0. The summed E-state index contributed by atoms with van der Waals surface area (Å²) in [6, 6.07) is 0. The van der Waals surface area contributed by atoms with Crippen molar-refractivity contribution in [3.05, 3.63) is 10.6 Å². The highest BCUT2D eigenvalue weighted by molar-refractivity contribution is 7.17. The fourth-order valence-corrected chi connectivity index (χ4v) is 1.89. The Bertz CT molecular complexity index is 436. The number of hydrogen-bond donors (Lipinski definition) is 1. The second-order valence-electron chi connectivity index (χ2n) is 4.35. The Morgan fingerprint density at radius 3 is 2.47 bits per heavy atom. The van der Waals surface area contributed by atoms with Crippen LogP contribution in [0.2, 0.25) is 0 Å². The zero-order valence-corrected chi connectivity index (χ0v) is 10.9. The number of hydrogen-bond acceptors (Lipinski definition) is 5. The molecule has 0 bridgehead atoms. The van der Waals surface area contributed by atoms with E-state index in [9.17, 15) is 9.59 Å². The minimum absolute atomic E-state index is 0.101. The van der Waals surface area contributed by atoms with Gasteiger partial charge in [-0.2, -0.15) is 5.06 Å². The Morgan fingerprint density at radius 1 is 1.53 bits per heavy atom. The van der Waals surface area contributed by atoms with Gasteiger partial charge in [-0.15, -0.1) is 0 Å². The molecule has 0 spiro atoms. The molecule has 1 heterocycles. The summed E-state index contributed by atoms with van der Waals surface area (Å²) >= 11 is 0.900. The molecule has 0 fully saturated rings. The van der Waals surface area contributed by atoms with Crippen LogP contribution in [0.5, 0.6) is 0 Å². The molecular formula is C10H14N2O4S. The number of carbonyl (C=O) groups excluding carboxylic acids is 1. The van der Waals surface area contributed by atoms with Gasteiger partial charge < -0.3 is 5.11 Å². The molecule has 1 rings (SSSR count). The number of hydroxylamine groups is 1. The van der Waals surface area contributed by atoms with E-state index in [1.165, 1.54) is 0 Å². The summed E-state index contributed by atoms with van der Waals surface area (Å²) in [4.78, 5) is 31.2. The van der Waals surface area contributed by atoms with Gasteiger partial charge in [0.15, 0.2) is 0 Å². The maximum Gasteiger partial charge on any atom is 0.347 e. The Balaban J connectivity index is 3.01. The van der Waals surface area contributed by atoms with E-state index in [0.717, 1.165) is 16.4 Å². The highest BCUT2D eigenvalue weighted by Crippen LogP contribution is 2.27. The third-order valence-corrected chi connectivity index (χ3v) is 2.76. The van der Waals surface area contributed by atoms with Crippen molar-refractivity contribution in [3.63, 3.8) is 0 Å². The quantitative estimate of drug-likeness (QED) is 0.658. The Morgan fingerprint density at radius 2 is 2.12 bits per heavy atom. The summed E-state index contributed by atoms with van der Waals surface area (Å²) in [6.45, 7) is 6.91. The van der Waals surface area contributed by atoms with Gasteiger partial charge in [0, 0.05) is 0 Å². The maximum atomic E-state index is 10.9. The lowest BCUT2D eigenvalue weighted by molar-refractivity contribution is -0.120. The molecule has 6 nitrogen and oxygen atoms in total. The van der Waals surface area contributed by atoms with Crippen molar-refractivity contribution in [1.82, 2.24) is 4.98 Å². The van der Waals surface area contributed by atoms with Crippen molar-refractivity contribution < 1.29 is 19.5 Å². The molecule has 7 heteroatoms. The number of carbonyl (C=O) groups is 2. The molecule has 0 unspecified atom stereocenters. The number of carboxylic acid groups (broad SMARTS) is 1. The number of amides is 1. The molecule has 0 saturated heterocycles. The van der Waals surface area contributed by atoms with E-state index in [4.69, 9.17) is 9.94 Å². The van der Waals surface area contributed by atoms with Crippen LogP contribution >= 0.6 is 11.3 Å². The molecule has 17 heavy (non-hydrogen) atoms. The van der Waals surface area contributed by atoms with Gasteiger partial charge in [0.05, 0.1) is 11.3 Å². The molecule has 1 aromatic rings. The lowest BCUT2D eigenvalue weighted by Gasteiger charge is -2.24. The van der Waals surface area contributed by atoms with Crippen LogP contribution in [0.1, 0.15) is 36.1 Å². The van der Waals surface area contributed by atoms with Crippen LogP contribution < -0.4 is 5.06 Å². The van der Waals surface area contributed by atoms with Crippen molar-refractivity contribution in [1.29, 1.82) is 0 Å². The van der Waals surface area contributed by atoms with Crippen LogP contribution in [0, 0.1) is 6.92 Å². The van der Waals surface area contributed by atoms with Crippen LogP contribution in [0.3, 0.4) is 0 Å². The third kappa shape index (κ3) is 3.50. The normalized spacial score (nSPS) is 11.3. The Hall–Kier alpha value is -1.47. The molecule has 0 atom stereocenters. The molecule has 0 radical (unpaired) electrons. The smallest absolute Gasteiger partial charge is 0.347 e. The van der Waals surface area contributed by atoms with Crippen molar-refractivity contribution >= 4 is 28.8 Å². The molecule has 94 valence electrons. The zero-order chi connectivity index (χ0) is 13.2. The fraction of sp³-hybridized carbons (Fsp3) is 0.500. The summed E-state index contributed by atoms with van der Waals surface area (Å²) in [5, 5.41) is 10.1. The topological polar surface area (TPSA) is 79.7 Å². The van der Waals surface area contributed by atoms with E-state index in [-0.39, 0.29) is 10.0 Å². The number of carboxylic acids is 1. The van der Waals surface area contributed by atoms with Crippen LogP contribution in [0.4, 0.5) is 5.13 Å². The van der Waals surface area contributed by atoms with Crippen LogP contribution in [-0.4, -0.2) is 28.1 Å². The van der Waals surface area contributed by atoms with Crippen LogP contribution in [-0.2, 0) is 9.63 Å². The van der Waals surface area contributed by atoms with E-state index >= 15 is 0 Å². The van der Waals surface area contributed by atoms with Gasteiger partial charge >= 0.3 is 5.97 Å². The molecular weight excluding hydrogens is 244 g/mol. The summed E-state index contributed by atoms with van der Waals surface area (Å²) in [5.41, 5.74) is -0.203. The number of nitrogens with zero attached hydrogens (tertiary/aromatic N) is 2. The third-order valence-electron chi connectivity index (χ3n) is 1.64. The lowest BCUT2D eigenvalue weighted by atomic mass is 10.2. The molecule has 1 amide bonds. The zero-order valence-electron chi connectivity index (χ0n) is 10.1. The number of aryl methyl sites for hydroxylation is 1. The van der Waals surface area contributed by atoms with Crippen molar-refractivity contribution in [2.24, 2.45) is 0 Å². The lowest BCUT2D eigenvalue weighted by Crippen LogP contribution is -2.32. The van der Waals surface area contributed by atoms with E-state index in [1.54, 1.807) is 27.7 Å². The Labute approximate surface area is 103 Å². The highest BCUT2D eigenvalue weighted by atomic mass is 32.1. The molecule has 0 aliphatic heterocycles. The number of thiazole rings is 1. The summed E-state index contributed by atoms with van der Waals surface area (Å²) in [5.74, 6) is -1.06. The average molecular weight is 258 g/mol. The predicted molar refractivity (Wildman–Crippen MR) is 63.2 cm³/mol. The van der Waals surface area contributed by atoms with Gasteiger partial charge in [-0.05, 0) is 27.7 Å². The first-order valence-corrected chi connectivity index (χ1v) is 5.70. The van der Waals surface area contributed by atoms with E-state index in [1.807, 2.05) is 0 Å². The monoisotopic (exact) mass is 258 g/mol. The van der Waals surface area contributed by atoms with E-state index in [0.29, 0.717) is 12.1 Å². The standard InChI is InChI=1S/C10H14N2O4S/c1-6-7(8(14)15)17-9(11-6)12(5-13)16-10(2,3)4/h5H,1-4H3,(H,14,15). The van der Waals surface area contributed by atoms with Gasteiger partial charge in [-0.1, -0.05) is 11.3 Å². The predicted octanol–water partition coefficient (Wildman–Crippen LogP) is 1.84. The molecule has 0 saturated carbocycles. The van der Waals surface area contributed by atoms with Crippen molar-refractivity contribution in [3.8, 4) is 0 Å². The number of aromatic nitrogens is 1. The van der Waals surface area contributed by atoms with Crippen molar-refractivity contribution in [2.75, 3.05) is 5.06 Å². The second kappa shape index (κ2) is 4.80. The molecule has 1 N–H and O–H groups in total. The number of aromatic carboxylic acids is 1. The van der Waals surface area contributed by atoms with Gasteiger partial charge in [0.25, 0.3) is 0 Å².